The van der Waals surface area contributed by atoms with Crippen LogP contribution in [0, 0.1) is 5.82 Å². The van der Waals surface area contributed by atoms with Crippen molar-refractivity contribution in [3.05, 3.63) is 51.2 Å². The lowest BCUT2D eigenvalue weighted by Gasteiger charge is -2.02. The fourth-order valence-electron chi connectivity index (χ4n) is 1.19. The number of H-pyrrole nitrogens is 1. The number of rotatable bonds is 1. The van der Waals surface area contributed by atoms with E-state index in [4.69, 9.17) is 0 Å². The van der Waals surface area contributed by atoms with E-state index in [0.29, 0.717) is 10.2 Å². The van der Waals surface area contributed by atoms with Crippen molar-refractivity contribution in [2.45, 2.75) is 0 Å². The summed E-state index contributed by atoms with van der Waals surface area (Å²) in [6, 6.07) is 4.29. The fourth-order valence-corrected chi connectivity index (χ4v) is 1.74. The molecule has 0 radical (unpaired) electrons. The van der Waals surface area contributed by atoms with Crippen molar-refractivity contribution >= 4 is 15.9 Å². The first-order valence-corrected chi connectivity index (χ1v) is 4.96. The lowest BCUT2D eigenvalue weighted by molar-refractivity contribution is 0.627. The summed E-state index contributed by atoms with van der Waals surface area (Å²) in [5.74, 6) is -0.324. The molecule has 1 aromatic heterocycles. The number of aromatic amines is 1. The molecule has 15 heavy (non-hydrogen) atoms. The standard InChI is InChI=1S/C10H6BrFN2O/c11-8-3-6(12)1-2-7(8)9-4-14-10(15)5-13-9/h1-5H,(H,14,15). The molecule has 0 aliphatic rings. The van der Waals surface area contributed by atoms with E-state index < -0.39 is 0 Å². The Hall–Kier alpha value is -1.49. The van der Waals surface area contributed by atoms with Gasteiger partial charge in [0.2, 0.25) is 0 Å². The highest BCUT2D eigenvalue weighted by Gasteiger charge is 2.05. The van der Waals surface area contributed by atoms with Gasteiger partial charge in [0.25, 0.3) is 5.56 Å². The number of nitrogens with one attached hydrogen (secondary N) is 1. The van der Waals surface area contributed by atoms with E-state index in [9.17, 15) is 9.18 Å². The van der Waals surface area contributed by atoms with Crippen LogP contribution in [0.2, 0.25) is 0 Å². The van der Waals surface area contributed by atoms with E-state index in [1.54, 1.807) is 6.07 Å². The topological polar surface area (TPSA) is 45.8 Å². The highest BCUT2D eigenvalue weighted by atomic mass is 79.9. The highest BCUT2D eigenvalue weighted by Crippen LogP contribution is 2.26. The number of aromatic nitrogens is 2. The summed E-state index contributed by atoms with van der Waals surface area (Å²) >= 11 is 3.23. The monoisotopic (exact) mass is 268 g/mol. The maximum absolute atomic E-state index is 12.8. The third kappa shape index (κ3) is 2.12. The molecule has 2 rings (SSSR count). The molecule has 0 fully saturated rings. The van der Waals surface area contributed by atoms with E-state index in [1.165, 1.54) is 24.5 Å². The lowest BCUT2D eigenvalue weighted by atomic mass is 10.1. The average Bonchev–Trinajstić information content (AvgIpc) is 2.20. The molecule has 5 heteroatoms. The van der Waals surface area contributed by atoms with Gasteiger partial charge >= 0.3 is 0 Å². The molecule has 0 unspecified atom stereocenters. The molecule has 2 aromatic rings. The van der Waals surface area contributed by atoms with Gasteiger partial charge in [0.15, 0.2) is 0 Å². The van der Waals surface area contributed by atoms with Crippen LogP contribution in [0.4, 0.5) is 4.39 Å². The second-order valence-electron chi connectivity index (χ2n) is 2.92. The Morgan fingerprint density at radius 2 is 2.20 bits per heavy atom. The van der Waals surface area contributed by atoms with Crippen LogP contribution in [0.15, 0.2) is 39.9 Å². The van der Waals surface area contributed by atoms with Crippen molar-refractivity contribution < 1.29 is 4.39 Å². The van der Waals surface area contributed by atoms with Crippen molar-refractivity contribution in [3.8, 4) is 11.3 Å². The quantitative estimate of drug-likeness (QED) is 0.863. The van der Waals surface area contributed by atoms with Crippen molar-refractivity contribution in [2.24, 2.45) is 0 Å². The molecule has 0 saturated carbocycles. The van der Waals surface area contributed by atoms with Crippen molar-refractivity contribution in [1.29, 1.82) is 0 Å². The summed E-state index contributed by atoms with van der Waals surface area (Å²) in [6.45, 7) is 0. The van der Waals surface area contributed by atoms with Crippen LogP contribution >= 0.6 is 15.9 Å². The summed E-state index contributed by atoms with van der Waals surface area (Å²) in [6.07, 6.45) is 2.67. The summed E-state index contributed by atoms with van der Waals surface area (Å²) < 4.78 is 13.4. The maximum atomic E-state index is 12.8. The molecular formula is C10H6BrFN2O. The van der Waals surface area contributed by atoms with Gasteiger partial charge in [-0.3, -0.25) is 4.79 Å². The zero-order chi connectivity index (χ0) is 10.8. The van der Waals surface area contributed by atoms with Gasteiger partial charge in [-0.1, -0.05) is 0 Å². The Morgan fingerprint density at radius 3 is 2.80 bits per heavy atom. The number of nitrogens with zero attached hydrogens (tertiary/aromatic N) is 1. The van der Waals surface area contributed by atoms with Gasteiger partial charge in [-0.25, -0.2) is 9.37 Å². The smallest absolute Gasteiger partial charge is 0.266 e. The van der Waals surface area contributed by atoms with Crippen molar-refractivity contribution in [3.63, 3.8) is 0 Å². The molecular weight excluding hydrogens is 263 g/mol. The van der Waals surface area contributed by atoms with Crippen molar-refractivity contribution in [2.75, 3.05) is 0 Å². The Labute approximate surface area is 93.1 Å². The fraction of sp³-hybridized carbons (Fsp3) is 0. The zero-order valence-electron chi connectivity index (χ0n) is 7.50. The number of hydrogen-bond acceptors (Lipinski definition) is 2. The minimum absolute atomic E-state index is 0.267. The van der Waals surface area contributed by atoms with Gasteiger partial charge in [-0.2, -0.15) is 0 Å². The second-order valence-corrected chi connectivity index (χ2v) is 3.77. The van der Waals surface area contributed by atoms with Crippen LogP contribution in [0.25, 0.3) is 11.3 Å². The minimum Gasteiger partial charge on any atom is -0.326 e. The molecule has 3 nitrogen and oxygen atoms in total. The van der Waals surface area contributed by atoms with E-state index >= 15 is 0 Å². The molecule has 0 spiro atoms. The van der Waals surface area contributed by atoms with Crippen molar-refractivity contribution in [1.82, 2.24) is 9.97 Å². The summed E-state index contributed by atoms with van der Waals surface area (Å²) in [5.41, 5.74) is 1.05. The van der Waals surface area contributed by atoms with Gasteiger partial charge in [-0.15, -0.1) is 0 Å². The number of benzene rings is 1. The van der Waals surface area contributed by atoms with Gasteiger partial charge in [0.05, 0.1) is 11.9 Å². The molecule has 0 aliphatic heterocycles. The Balaban J connectivity index is 2.54. The van der Waals surface area contributed by atoms with Gasteiger partial charge in [-0.05, 0) is 34.1 Å². The van der Waals surface area contributed by atoms with Crippen LogP contribution in [0.1, 0.15) is 0 Å². The maximum Gasteiger partial charge on any atom is 0.266 e. The van der Waals surface area contributed by atoms with Crippen LogP contribution in [-0.2, 0) is 0 Å². The first-order valence-electron chi connectivity index (χ1n) is 4.17. The molecule has 0 atom stereocenters. The molecule has 0 amide bonds. The molecule has 1 heterocycles. The minimum atomic E-state index is -0.324. The lowest BCUT2D eigenvalue weighted by Crippen LogP contribution is -2.04. The molecule has 76 valence electrons. The predicted octanol–water partition coefficient (Wildman–Crippen LogP) is 2.34. The second kappa shape index (κ2) is 3.94. The van der Waals surface area contributed by atoms with E-state index in [2.05, 4.69) is 25.9 Å². The molecule has 0 saturated heterocycles. The predicted molar refractivity (Wildman–Crippen MR) is 58.0 cm³/mol. The van der Waals surface area contributed by atoms with Crippen LogP contribution < -0.4 is 5.56 Å². The average molecular weight is 269 g/mol. The molecule has 0 bridgehead atoms. The Morgan fingerprint density at radius 1 is 1.40 bits per heavy atom. The molecule has 1 N–H and O–H groups in total. The van der Waals surface area contributed by atoms with E-state index in [-0.39, 0.29) is 11.4 Å². The van der Waals surface area contributed by atoms with Gasteiger partial charge in [0.1, 0.15) is 5.82 Å². The Kier molecular flexibility index (Phi) is 2.64. The number of hydrogen-bond donors (Lipinski definition) is 1. The third-order valence-electron chi connectivity index (χ3n) is 1.88. The highest BCUT2D eigenvalue weighted by molar-refractivity contribution is 9.10. The first-order chi connectivity index (χ1) is 7.16. The SMILES string of the molecule is O=c1cnc(-c2ccc(F)cc2Br)c[nH]1. The largest absolute Gasteiger partial charge is 0.326 e. The number of halogens is 2. The molecule has 1 aromatic carbocycles. The van der Waals surface area contributed by atoms with Crippen LogP contribution in [0.3, 0.4) is 0 Å². The van der Waals surface area contributed by atoms with Crippen LogP contribution in [0.5, 0.6) is 0 Å². The zero-order valence-corrected chi connectivity index (χ0v) is 9.08. The molecule has 0 aliphatic carbocycles. The first kappa shape index (κ1) is 10.0. The van der Waals surface area contributed by atoms with Gasteiger partial charge in [0, 0.05) is 16.2 Å². The van der Waals surface area contributed by atoms with Crippen LogP contribution in [-0.4, -0.2) is 9.97 Å². The van der Waals surface area contributed by atoms with E-state index in [1.807, 2.05) is 0 Å². The van der Waals surface area contributed by atoms with Gasteiger partial charge < -0.3 is 4.98 Å². The summed E-state index contributed by atoms with van der Waals surface area (Å²) in [7, 11) is 0. The third-order valence-corrected chi connectivity index (χ3v) is 2.54. The van der Waals surface area contributed by atoms with E-state index in [0.717, 1.165) is 5.56 Å². The Bertz CT molecular complexity index is 533. The summed E-state index contributed by atoms with van der Waals surface area (Å²) in [4.78, 5) is 17.3. The normalized spacial score (nSPS) is 10.3. The summed E-state index contributed by atoms with van der Waals surface area (Å²) in [5, 5.41) is 0.